The summed E-state index contributed by atoms with van der Waals surface area (Å²) in [4.78, 5) is 0. The summed E-state index contributed by atoms with van der Waals surface area (Å²) in [6.45, 7) is 5.85. The predicted octanol–water partition coefficient (Wildman–Crippen LogP) is 3.55. The Morgan fingerprint density at radius 3 is 2.60 bits per heavy atom. The highest BCUT2D eigenvalue weighted by molar-refractivity contribution is 5.95. The van der Waals surface area contributed by atoms with Crippen molar-refractivity contribution >= 4 is 16.7 Å². The lowest BCUT2D eigenvalue weighted by Crippen LogP contribution is -2.06. The highest BCUT2D eigenvalue weighted by Crippen LogP contribution is 2.28. The quantitative estimate of drug-likeness (QED) is 0.785. The Kier molecular flexibility index (Phi) is 3.37. The fourth-order valence-electron chi connectivity index (χ4n) is 2.51. The molecule has 0 saturated heterocycles. The predicted molar refractivity (Wildman–Crippen MR) is 82.8 cm³/mol. The summed E-state index contributed by atoms with van der Waals surface area (Å²) in [6, 6.07) is 14.7. The third kappa shape index (κ3) is 2.03. The van der Waals surface area contributed by atoms with E-state index in [9.17, 15) is 0 Å². The SMILES string of the molecule is CCNc1nnc(-c2cccc3ccccc23)n1CC. The van der Waals surface area contributed by atoms with Crippen molar-refractivity contribution in [3.05, 3.63) is 42.5 Å². The van der Waals surface area contributed by atoms with Crippen LogP contribution in [0.25, 0.3) is 22.2 Å². The van der Waals surface area contributed by atoms with Crippen LogP contribution < -0.4 is 5.32 Å². The minimum Gasteiger partial charge on any atom is -0.355 e. The van der Waals surface area contributed by atoms with Crippen molar-refractivity contribution < 1.29 is 0 Å². The third-order valence-electron chi connectivity index (χ3n) is 3.43. The molecule has 2 aromatic carbocycles. The number of nitrogens with one attached hydrogen (secondary N) is 1. The number of rotatable bonds is 4. The number of nitrogens with zero attached hydrogens (tertiary/aromatic N) is 3. The molecule has 0 fully saturated rings. The Morgan fingerprint density at radius 1 is 1.00 bits per heavy atom. The maximum atomic E-state index is 4.38. The van der Waals surface area contributed by atoms with E-state index in [1.54, 1.807) is 0 Å². The Hall–Kier alpha value is -2.36. The van der Waals surface area contributed by atoms with Crippen molar-refractivity contribution in [1.82, 2.24) is 14.8 Å². The van der Waals surface area contributed by atoms with Gasteiger partial charge in [0.1, 0.15) is 0 Å². The second-order valence-corrected chi connectivity index (χ2v) is 4.65. The van der Waals surface area contributed by atoms with E-state index >= 15 is 0 Å². The van der Waals surface area contributed by atoms with Crippen LogP contribution in [0.3, 0.4) is 0 Å². The van der Waals surface area contributed by atoms with Gasteiger partial charge in [-0.2, -0.15) is 0 Å². The molecule has 1 N–H and O–H groups in total. The number of hydrogen-bond acceptors (Lipinski definition) is 3. The van der Waals surface area contributed by atoms with Crippen LogP contribution in [0.1, 0.15) is 13.8 Å². The molecule has 1 heterocycles. The van der Waals surface area contributed by atoms with E-state index in [2.05, 4.69) is 76.4 Å². The van der Waals surface area contributed by atoms with Crippen LogP contribution in [0.2, 0.25) is 0 Å². The van der Waals surface area contributed by atoms with Gasteiger partial charge in [0.25, 0.3) is 0 Å². The maximum Gasteiger partial charge on any atom is 0.224 e. The van der Waals surface area contributed by atoms with Crippen molar-refractivity contribution in [2.75, 3.05) is 11.9 Å². The minimum atomic E-state index is 0.831. The van der Waals surface area contributed by atoms with Gasteiger partial charge in [-0.1, -0.05) is 42.5 Å². The smallest absolute Gasteiger partial charge is 0.224 e. The zero-order chi connectivity index (χ0) is 13.9. The molecule has 0 amide bonds. The molecule has 0 atom stereocenters. The van der Waals surface area contributed by atoms with Crippen LogP contribution in [0.4, 0.5) is 5.95 Å². The van der Waals surface area contributed by atoms with Gasteiger partial charge in [0.05, 0.1) is 0 Å². The Morgan fingerprint density at radius 2 is 1.80 bits per heavy atom. The van der Waals surface area contributed by atoms with Crippen LogP contribution in [-0.4, -0.2) is 21.3 Å². The van der Waals surface area contributed by atoms with Crippen molar-refractivity contribution in [1.29, 1.82) is 0 Å². The molecule has 4 heteroatoms. The van der Waals surface area contributed by atoms with E-state index in [1.165, 1.54) is 10.8 Å². The molecule has 3 aromatic rings. The molecule has 0 aliphatic rings. The average Bonchev–Trinajstić information content (AvgIpc) is 2.89. The Balaban J connectivity index is 2.21. The first-order chi connectivity index (χ1) is 9.85. The van der Waals surface area contributed by atoms with Gasteiger partial charge in [-0.25, -0.2) is 0 Å². The molecule has 0 saturated carbocycles. The third-order valence-corrected chi connectivity index (χ3v) is 3.43. The summed E-state index contributed by atoms with van der Waals surface area (Å²) in [7, 11) is 0. The summed E-state index contributed by atoms with van der Waals surface area (Å²) in [5, 5.41) is 14.3. The molecule has 0 unspecified atom stereocenters. The standard InChI is InChI=1S/C16H18N4/c1-3-17-16-19-18-15(20(16)4-2)14-11-7-9-12-8-5-6-10-13(12)14/h5-11H,3-4H2,1-2H3,(H,17,19). The van der Waals surface area contributed by atoms with Gasteiger partial charge >= 0.3 is 0 Å². The summed E-state index contributed by atoms with van der Waals surface area (Å²) >= 11 is 0. The van der Waals surface area contributed by atoms with Gasteiger partial charge in [0, 0.05) is 18.7 Å². The number of anilines is 1. The molecule has 0 radical (unpaired) electrons. The normalized spacial score (nSPS) is 10.9. The second kappa shape index (κ2) is 5.33. The Bertz CT molecular complexity index is 725. The molecule has 1 aromatic heterocycles. The van der Waals surface area contributed by atoms with Crippen molar-refractivity contribution in [2.45, 2.75) is 20.4 Å². The van der Waals surface area contributed by atoms with Crippen LogP contribution in [0.15, 0.2) is 42.5 Å². The zero-order valence-electron chi connectivity index (χ0n) is 11.8. The van der Waals surface area contributed by atoms with Crippen LogP contribution in [0.5, 0.6) is 0 Å². The van der Waals surface area contributed by atoms with E-state index in [0.717, 1.165) is 30.4 Å². The summed E-state index contributed by atoms with van der Waals surface area (Å²) in [6.07, 6.45) is 0. The molecular weight excluding hydrogens is 248 g/mol. The van der Waals surface area contributed by atoms with Gasteiger partial charge in [-0.15, -0.1) is 10.2 Å². The fraction of sp³-hybridized carbons (Fsp3) is 0.250. The number of aromatic nitrogens is 3. The van der Waals surface area contributed by atoms with Crippen molar-refractivity contribution in [3.8, 4) is 11.4 Å². The first kappa shape index (κ1) is 12.7. The highest BCUT2D eigenvalue weighted by Gasteiger charge is 2.13. The zero-order valence-corrected chi connectivity index (χ0v) is 11.8. The highest BCUT2D eigenvalue weighted by atomic mass is 15.3. The lowest BCUT2D eigenvalue weighted by Gasteiger charge is -2.10. The van der Waals surface area contributed by atoms with Gasteiger partial charge in [-0.05, 0) is 24.6 Å². The molecule has 20 heavy (non-hydrogen) atoms. The first-order valence-electron chi connectivity index (χ1n) is 7.00. The molecule has 0 aliphatic heterocycles. The first-order valence-corrected chi connectivity index (χ1v) is 7.00. The van der Waals surface area contributed by atoms with Crippen molar-refractivity contribution in [3.63, 3.8) is 0 Å². The van der Waals surface area contributed by atoms with E-state index in [-0.39, 0.29) is 0 Å². The van der Waals surface area contributed by atoms with Gasteiger partial charge in [0.2, 0.25) is 5.95 Å². The van der Waals surface area contributed by atoms with E-state index in [4.69, 9.17) is 0 Å². The monoisotopic (exact) mass is 266 g/mol. The maximum absolute atomic E-state index is 4.38. The summed E-state index contributed by atoms with van der Waals surface area (Å²) in [5.41, 5.74) is 1.13. The molecule has 0 aliphatic carbocycles. The van der Waals surface area contributed by atoms with Crippen LogP contribution in [0, 0.1) is 0 Å². The molecule has 0 spiro atoms. The lowest BCUT2D eigenvalue weighted by molar-refractivity contribution is 0.771. The number of fused-ring (bicyclic) bond motifs is 1. The second-order valence-electron chi connectivity index (χ2n) is 4.65. The lowest BCUT2D eigenvalue weighted by atomic mass is 10.0. The topological polar surface area (TPSA) is 42.7 Å². The Labute approximate surface area is 118 Å². The minimum absolute atomic E-state index is 0.831. The summed E-state index contributed by atoms with van der Waals surface area (Å²) < 4.78 is 2.12. The van der Waals surface area contributed by atoms with Gasteiger partial charge in [0.15, 0.2) is 5.82 Å². The van der Waals surface area contributed by atoms with Gasteiger partial charge < -0.3 is 5.32 Å². The van der Waals surface area contributed by atoms with E-state index in [1.807, 2.05) is 0 Å². The average molecular weight is 266 g/mol. The molecule has 4 nitrogen and oxygen atoms in total. The molecular formula is C16H18N4. The van der Waals surface area contributed by atoms with Crippen LogP contribution >= 0.6 is 0 Å². The molecule has 3 rings (SSSR count). The number of benzene rings is 2. The molecule has 102 valence electrons. The fourth-order valence-corrected chi connectivity index (χ4v) is 2.51. The van der Waals surface area contributed by atoms with Crippen molar-refractivity contribution in [2.24, 2.45) is 0 Å². The largest absolute Gasteiger partial charge is 0.355 e. The number of hydrogen-bond donors (Lipinski definition) is 1. The molecule has 0 bridgehead atoms. The van der Waals surface area contributed by atoms with Gasteiger partial charge in [-0.3, -0.25) is 4.57 Å². The van der Waals surface area contributed by atoms with E-state index < -0.39 is 0 Å². The summed E-state index contributed by atoms with van der Waals surface area (Å²) in [5.74, 6) is 1.75. The van der Waals surface area contributed by atoms with Crippen LogP contribution in [-0.2, 0) is 6.54 Å². The van der Waals surface area contributed by atoms with E-state index in [0.29, 0.717) is 0 Å².